The van der Waals surface area contributed by atoms with Crippen LogP contribution >= 0.6 is 0 Å². The van der Waals surface area contributed by atoms with Gasteiger partial charge in [-0.05, 0) is 104 Å². The number of amides is 8. The van der Waals surface area contributed by atoms with E-state index in [-0.39, 0.29) is 96.3 Å². The van der Waals surface area contributed by atoms with E-state index in [0.29, 0.717) is 50.9 Å². The second-order valence-corrected chi connectivity index (χ2v) is 23.5. The van der Waals surface area contributed by atoms with E-state index in [2.05, 4.69) is 41.9 Å². The molecule has 0 spiro atoms. The summed E-state index contributed by atoms with van der Waals surface area (Å²) in [6.07, 6.45) is 19.4. The van der Waals surface area contributed by atoms with Crippen molar-refractivity contribution in [1.82, 2.24) is 56.6 Å². The van der Waals surface area contributed by atoms with Crippen LogP contribution in [-0.4, -0.2) is 232 Å². The molecule has 1 aromatic heterocycles. The number of aliphatic carboxylic acids is 4. The minimum Gasteiger partial charge on any atom is -0.481 e. The lowest BCUT2D eigenvalue weighted by molar-refractivity contribution is -0.142. The number of rotatable bonds is 53. The maximum Gasteiger partial charge on any atom is 0.317 e. The third kappa shape index (κ3) is 34.6. The monoisotopic (exact) mass is 1290 g/mol. The zero-order valence-electron chi connectivity index (χ0n) is 53.1. The fourth-order valence-electron chi connectivity index (χ4n) is 11.0. The summed E-state index contributed by atoms with van der Waals surface area (Å²) in [5.41, 5.74) is 6.06. The van der Waals surface area contributed by atoms with Crippen LogP contribution in [0.5, 0.6) is 0 Å². The summed E-state index contributed by atoms with van der Waals surface area (Å²) in [6, 6.07) is -7.06. The third-order valence-corrected chi connectivity index (χ3v) is 16.0. The summed E-state index contributed by atoms with van der Waals surface area (Å²) in [5.74, 6) is -9.63. The molecule has 2 saturated heterocycles. The van der Waals surface area contributed by atoms with Crippen molar-refractivity contribution < 1.29 is 87.4 Å². The Kier molecular flexibility index (Phi) is 39.3. The number of primary amides is 1. The summed E-state index contributed by atoms with van der Waals surface area (Å²) in [6.45, 7) is 0.683. The summed E-state index contributed by atoms with van der Waals surface area (Å²) >= 11 is 0. The van der Waals surface area contributed by atoms with E-state index in [1.54, 1.807) is 0 Å². The van der Waals surface area contributed by atoms with Gasteiger partial charge in [-0.15, -0.1) is 0 Å². The Hall–Kier alpha value is -7.31. The van der Waals surface area contributed by atoms with E-state index in [9.17, 15) is 72.9 Å². The van der Waals surface area contributed by atoms with E-state index in [1.165, 1.54) is 49.5 Å². The number of hydrogen-bond acceptors (Lipinski definition) is 17. The van der Waals surface area contributed by atoms with Crippen molar-refractivity contribution in [2.45, 2.75) is 216 Å². The number of carbonyl (C=O) groups excluding carboxylic acids is 8. The molecule has 0 bridgehead atoms. The Balaban J connectivity index is 1.48. The maximum atomic E-state index is 14.3. The van der Waals surface area contributed by atoms with Crippen molar-refractivity contribution in [2.24, 2.45) is 5.73 Å². The standard InChI is InChI=1S/C61H102N12O18/c1-71-31-19-24-49(71)61(89)73-33-20-23-48(73)60(88)70-47(37-43-38-63-42-66-43)59(87)69-46(27-28-53(78)79)58(86)68-45(22-16-18-32-72(39-54(80)81)40-55(82)83)57(85)67-44(56(62)84)21-15-17-29-64-51(75)41-91-36-35-90-34-30-65-50(74)25-13-11-9-7-5-3-2-4-6-8-10-12-14-26-52(76)77/h38,42,44-49H,2-37,39-41H2,1H3,(H2,62,84)(H,63,66)(H,64,75)(H,65,74)(H,67,85)(H,68,86)(H,69,87)(H,70,88)(H,76,77)(H,78,79)(H,80,81)(H,82,83)/t44-,45-,46-,47-,48-,49-/m0/s1. The molecule has 30 nitrogen and oxygen atoms in total. The predicted molar refractivity (Wildman–Crippen MR) is 330 cm³/mol. The minimum atomic E-state index is -1.62. The van der Waals surface area contributed by atoms with Gasteiger partial charge in [0.1, 0.15) is 36.8 Å². The maximum absolute atomic E-state index is 14.3. The molecule has 30 heteroatoms. The second-order valence-electron chi connectivity index (χ2n) is 23.5. The normalized spacial score (nSPS) is 16.1. The molecule has 2 aliphatic rings. The Morgan fingerprint density at radius 3 is 1.67 bits per heavy atom. The first-order valence-electron chi connectivity index (χ1n) is 32.4. The number of aromatic nitrogens is 2. The number of likely N-dealkylation sites (tertiary alicyclic amines) is 2. The Morgan fingerprint density at radius 1 is 0.571 bits per heavy atom. The molecule has 514 valence electrons. The lowest BCUT2D eigenvalue weighted by Gasteiger charge is -2.30. The molecule has 0 saturated carbocycles. The number of nitrogens with two attached hydrogens (primary N) is 1. The van der Waals surface area contributed by atoms with Crippen molar-refractivity contribution in [1.29, 1.82) is 0 Å². The Labute approximate surface area is 532 Å². The predicted octanol–water partition coefficient (Wildman–Crippen LogP) is 1.34. The summed E-state index contributed by atoms with van der Waals surface area (Å²) in [7, 11) is 1.84. The quantitative estimate of drug-likeness (QED) is 0.0409. The van der Waals surface area contributed by atoms with Gasteiger partial charge in [-0.2, -0.15) is 0 Å². The van der Waals surface area contributed by atoms with Crippen LogP contribution in [0.25, 0.3) is 0 Å². The highest BCUT2D eigenvalue weighted by Gasteiger charge is 2.41. The van der Waals surface area contributed by atoms with Crippen molar-refractivity contribution in [2.75, 3.05) is 79.3 Å². The Bertz CT molecular complexity index is 2400. The third-order valence-electron chi connectivity index (χ3n) is 16.0. The smallest absolute Gasteiger partial charge is 0.317 e. The van der Waals surface area contributed by atoms with Crippen molar-refractivity contribution >= 4 is 71.1 Å². The van der Waals surface area contributed by atoms with Crippen molar-refractivity contribution in [3.63, 3.8) is 0 Å². The zero-order valence-corrected chi connectivity index (χ0v) is 53.1. The molecule has 6 atom stereocenters. The van der Waals surface area contributed by atoms with E-state index < -0.39 is 122 Å². The number of imidazole rings is 1. The van der Waals surface area contributed by atoms with Gasteiger partial charge >= 0.3 is 23.9 Å². The van der Waals surface area contributed by atoms with Crippen LogP contribution in [0.3, 0.4) is 0 Å². The average Bonchev–Trinajstić information content (AvgIpc) is 1.88. The summed E-state index contributed by atoms with van der Waals surface area (Å²) < 4.78 is 10.9. The SMILES string of the molecule is CN1CCC[C@H]1C(=O)N1CCC[C@H]1C(=O)N[C@@H](Cc1c[nH]cn1)C(=O)N[C@@H](CCC(=O)O)C(=O)N[C@@H](CCCCN(CC(=O)O)CC(=O)O)C(=O)N[C@@H](CCCCNC(=O)COCCOCCNC(=O)CCCCCCCCCCCCCCCC(=O)O)C(N)=O. The first kappa shape index (κ1) is 77.9. The van der Waals surface area contributed by atoms with Gasteiger partial charge in [0.25, 0.3) is 0 Å². The number of aromatic amines is 1. The molecule has 2 aliphatic heterocycles. The minimum absolute atomic E-state index is 0.0000311. The van der Waals surface area contributed by atoms with Gasteiger partial charge in [0.2, 0.25) is 47.3 Å². The van der Waals surface area contributed by atoms with Crippen LogP contribution in [0.2, 0.25) is 0 Å². The van der Waals surface area contributed by atoms with Gasteiger partial charge in [-0.1, -0.05) is 70.6 Å². The highest BCUT2D eigenvalue weighted by molar-refractivity contribution is 5.97. The topological polar surface area (TPSA) is 441 Å². The molecule has 3 heterocycles. The number of carboxylic acid groups (broad SMARTS) is 4. The number of carbonyl (C=O) groups is 12. The lowest BCUT2D eigenvalue weighted by Crippen LogP contribution is -2.59. The van der Waals surface area contributed by atoms with Gasteiger partial charge in [-0.25, -0.2) is 4.98 Å². The van der Waals surface area contributed by atoms with Crippen molar-refractivity contribution in [3.8, 4) is 0 Å². The number of ether oxygens (including phenoxy) is 2. The molecule has 8 amide bonds. The Morgan fingerprint density at radius 2 is 1.10 bits per heavy atom. The number of nitrogens with one attached hydrogen (secondary N) is 7. The van der Waals surface area contributed by atoms with Gasteiger partial charge in [0.05, 0.1) is 51.0 Å². The molecule has 13 N–H and O–H groups in total. The van der Waals surface area contributed by atoms with Crippen LogP contribution in [0, 0.1) is 0 Å². The number of nitrogens with zero attached hydrogens (tertiary/aromatic N) is 4. The van der Waals surface area contributed by atoms with Gasteiger partial charge in [-0.3, -0.25) is 67.3 Å². The molecule has 1 aromatic rings. The van der Waals surface area contributed by atoms with E-state index >= 15 is 0 Å². The molecule has 0 aliphatic carbocycles. The summed E-state index contributed by atoms with van der Waals surface area (Å²) in [5, 5.41) is 53.0. The van der Waals surface area contributed by atoms with Crippen LogP contribution in [0.1, 0.15) is 179 Å². The zero-order chi connectivity index (χ0) is 66.8. The van der Waals surface area contributed by atoms with Gasteiger partial charge in [0.15, 0.2) is 0 Å². The fourth-order valence-corrected chi connectivity index (χ4v) is 11.0. The second kappa shape index (κ2) is 45.9. The summed E-state index contributed by atoms with van der Waals surface area (Å²) in [4.78, 5) is 165. The lowest BCUT2D eigenvalue weighted by atomic mass is 10.0. The average molecular weight is 1290 g/mol. The molecule has 0 aromatic carbocycles. The van der Waals surface area contributed by atoms with Crippen LogP contribution in [-0.2, 0) is 73.4 Å². The molecule has 3 rings (SSSR count). The van der Waals surface area contributed by atoms with Crippen molar-refractivity contribution in [3.05, 3.63) is 18.2 Å². The number of likely N-dealkylation sites (N-methyl/N-ethyl adjacent to an activating group) is 1. The fraction of sp³-hybridized carbons (Fsp3) is 0.754. The number of unbranched alkanes of at least 4 members (excludes halogenated alkanes) is 14. The van der Waals surface area contributed by atoms with Crippen LogP contribution in [0.4, 0.5) is 0 Å². The first-order chi connectivity index (χ1) is 43.6. The molecule has 0 unspecified atom stereocenters. The highest BCUT2D eigenvalue weighted by Crippen LogP contribution is 2.24. The van der Waals surface area contributed by atoms with E-state index in [0.717, 1.165) is 69.2 Å². The van der Waals surface area contributed by atoms with Crippen LogP contribution < -0.4 is 37.6 Å². The number of hydrogen-bond donors (Lipinski definition) is 12. The molecular formula is C61H102N12O18. The molecule has 91 heavy (non-hydrogen) atoms. The van der Waals surface area contributed by atoms with Gasteiger partial charge in [0, 0.05) is 51.5 Å². The number of carboxylic acids is 4. The van der Waals surface area contributed by atoms with E-state index in [4.69, 9.17) is 20.3 Å². The van der Waals surface area contributed by atoms with Crippen LogP contribution in [0.15, 0.2) is 12.5 Å². The highest BCUT2D eigenvalue weighted by atomic mass is 16.5. The molecular weight excluding hydrogens is 1190 g/mol. The largest absolute Gasteiger partial charge is 0.481 e. The molecule has 0 radical (unpaired) electrons. The molecule has 2 fully saturated rings. The van der Waals surface area contributed by atoms with E-state index in [1.807, 2.05) is 11.9 Å². The van der Waals surface area contributed by atoms with Gasteiger partial charge < -0.3 is 77.4 Å². The first-order valence-corrected chi connectivity index (χ1v) is 32.4. The number of H-pyrrole nitrogens is 1.